The van der Waals surface area contributed by atoms with E-state index in [4.69, 9.17) is 5.73 Å². The second-order valence-corrected chi connectivity index (χ2v) is 7.95. The monoisotopic (exact) mass is 395 g/mol. The Bertz CT molecular complexity index is 820. The number of halogens is 2. The number of hydrogen-bond acceptors (Lipinski definition) is 4. The molecule has 27 heavy (non-hydrogen) atoms. The van der Waals surface area contributed by atoms with E-state index in [2.05, 4.69) is 23.9 Å². The van der Waals surface area contributed by atoms with Gasteiger partial charge in [-0.1, -0.05) is 33.8 Å². The van der Waals surface area contributed by atoms with E-state index in [1.165, 1.54) is 12.1 Å². The molecular formula is C19H27ClFN5O. The Kier molecular flexibility index (Phi) is 6.27. The summed E-state index contributed by atoms with van der Waals surface area (Å²) < 4.78 is 15.2. The van der Waals surface area contributed by atoms with Crippen LogP contribution in [0.4, 0.5) is 4.39 Å². The molecule has 1 aliphatic heterocycles. The van der Waals surface area contributed by atoms with Gasteiger partial charge in [0, 0.05) is 25.0 Å². The number of nitrogens with two attached hydrogens (primary N) is 1. The molecule has 1 atom stereocenters. The Labute approximate surface area is 165 Å². The second kappa shape index (κ2) is 7.94. The molecule has 1 saturated heterocycles. The number of carbonyl (C=O) groups is 1. The molecule has 8 heteroatoms. The Hall–Kier alpha value is -1.99. The first kappa shape index (κ1) is 21.3. The predicted molar refractivity (Wildman–Crippen MR) is 105 cm³/mol. The van der Waals surface area contributed by atoms with Crippen LogP contribution in [-0.4, -0.2) is 44.7 Å². The summed E-state index contributed by atoms with van der Waals surface area (Å²) in [5, 5.41) is 4.40. The Morgan fingerprint density at radius 3 is 2.67 bits per heavy atom. The minimum Gasteiger partial charge on any atom is -0.335 e. The van der Waals surface area contributed by atoms with Gasteiger partial charge < -0.3 is 10.6 Å². The highest BCUT2D eigenvalue weighted by atomic mass is 35.5. The third kappa shape index (κ3) is 4.30. The highest BCUT2D eigenvalue weighted by molar-refractivity contribution is 5.90. The van der Waals surface area contributed by atoms with Crippen LogP contribution in [0.15, 0.2) is 24.3 Å². The third-order valence-corrected chi connectivity index (χ3v) is 4.99. The molecule has 0 spiro atoms. The standard InChI is InChI=1S/C19H26FN5O.ClH/c1-12(2)17-22-16(23-25(17)14-7-5-6-13(20)10-14)18(26)24-9-8-15(21)19(3,4)11-24;/h5-7,10,12,15H,8-9,11,21H2,1-4H3;1H. The van der Waals surface area contributed by atoms with Crippen molar-refractivity contribution in [2.75, 3.05) is 13.1 Å². The average Bonchev–Trinajstić information content (AvgIpc) is 3.02. The van der Waals surface area contributed by atoms with Gasteiger partial charge in [0.2, 0.25) is 5.82 Å². The second-order valence-electron chi connectivity index (χ2n) is 7.95. The van der Waals surface area contributed by atoms with Gasteiger partial charge in [-0.05, 0) is 30.0 Å². The third-order valence-electron chi connectivity index (χ3n) is 4.99. The summed E-state index contributed by atoms with van der Waals surface area (Å²) in [6.45, 7) is 9.23. The minimum absolute atomic E-state index is 0. The predicted octanol–water partition coefficient (Wildman–Crippen LogP) is 3.15. The lowest BCUT2D eigenvalue weighted by Gasteiger charge is -2.42. The normalized spacial score (nSPS) is 19.1. The van der Waals surface area contributed by atoms with Crippen molar-refractivity contribution in [3.8, 4) is 5.69 Å². The van der Waals surface area contributed by atoms with Crippen molar-refractivity contribution < 1.29 is 9.18 Å². The van der Waals surface area contributed by atoms with Gasteiger partial charge in [0.15, 0.2) is 0 Å². The molecule has 1 unspecified atom stereocenters. The molecular weight excluding hydrogens is 369 g/mol. The van der Waals surface area contributed by atoms with Crippen molar-refractivity contribution >= 4 is 18.3 Å². The summed E-state index contributed by atoms with van der Waals surface area (Å²) in [6, 6.07) is 6.20. The van der Waals surface area contributed by atoms with Crippen molar-refractivity contribution in [1.82, 2.24) is 19.7 Å². The Morgan fingerprint density at radius 1 is 1.37 bits per heavy atom. The van der Waals surface area contributed by atoms with Gasteiger partial charge in [0.05, 0.1) is 5.69 Å². The first-order valence-electron chi connectivity index (χ1n) is 8.97. The highest BCUT2D eigenvalue weighted by Crippen LogP contribution is 2.28. The number of piperidine rings is 1. The quantitative estimate of drug-likeness (QED) is 0.865. The van der Waals surface area contributed by atoms with Crippen LogP contribution in [0.3, 0.4) is 0 Å². The van der Waals surface area contributed by atoms with Crippen LogP contribution in [0.5, 0.6) is 0 Å². The lowest BCUT2D eigenvalue weighted by molar-refractivity contribution is 0.0521. The molecule has 1 aromatic heterocycles. The molecule has 1 amide bonds. The molecule has 1 aromatic carbocycles. The van der Waals surface area contributed by atoms with Gasteiger partial charge in [0.1, 0.15) is 11.6 Å². The highest BCUT2D eigenvalue weighted by Gasteiger charge is 2.37. The van der Waals surface area contributed by atoms with Gasteiger partial charge >= 0.3 is 0 Å². The van der Waals surface area contributed by atoms with E-state index in [0.29, 0.717) is 24.6 Å². The largest absolute Gasteiger partial charge is 0.335 e. The molecule has 0 radical (unpaired) electrons. The summed E-state index contributed by atoms with van der Waals surface area (Å²) in [4.78, 5) is 19.2. The molecule has 6 nitrogen and oxygen atoms in total. The number of hydrogen-bond donors (Lipinski definition) is 1. The zero-order chi connectivity index (χ0) is 19.1. The van der Waals surface area contributed by atoms with Crippen LogP contribution in [-0.2, 0) is 0 Å². The first-order chi connectivity index (χ1) is 12.2. The average molecular weight is 396 g/mol. The molecule has 1 fully saturated rings. The van der Waals surface area contributed by atoms with Gasteiger partial charge in [-0.2, -0.15) is 0 Å². The zero-order valence-electron chi connectivity index (χ0n) is 16.1. The number of rotatable bonds is 3. The minimum atomic E-state index is -0.354. The van der Waals surface area contributed by atoms with Crippen LogP contribution in [0.1, 0.15) is 56.5 Å². The number of benzene rings is 1. The number of nitrogens with zero attached hydrogens (tertiary/aromatic N) is 4. The molecule has 3 rings (SSSR count). The van der Waals surface area contributed by atoms with Crippen molar-refractivity contribution in [1.29, 1.82) is 0 Å². The van der Waals surface area contributed by atoms with E-state index in [1.807, 2.05) is 13.8 Å². The lowest BCUT2D eigenvalue weighted by Crippen LogP contribution is -2.54. The molecule has 0 bridgehead atoms. The number of likely N-dealkylation sites (tertiary alicyclic amines) is 1. The first-order valence-corrected chi connectivity index (χ1v) is 8.97. The van der Waals surface area contributed by atoms with Gasteiger partial charge in [-0.15, -0.1) is 17.5 Å². The Balaban J connectivity index is 0.00000261. The van der Waals surface area contributed by atoms with Gasteiger partial charge in [-0.25, -0.2) is 14.1 Å². The number of amides is 1. The van der Waals surface area contributed by atoms with Crippen LogP contribution in [0, 0.1) is 11.2 Å². The van der Waals surface area contributed by atoms with E-state index in [1.54, 1.807) is 21.7 Å². The Morgan fingerprint density at radius 2 is 2.07 bits per heavy atom. The summed E-state index contributed by atoms with van der Waals surface area (Å²) in [6.07, 6.45) is 0.750. The summed E-state index contributed by atoms with van der Waals surface area (Å²) >= 11 is 0. The van der Waals surface area contributed by atoms with E-state index < -0.39 is 0 Å². The summed E-state index contributed by atoms with van der Waals surface area (Å²) in [5.74, 6) is 0.254. The maximum absolute atomic E-state index is 13.6. The van der Waals surface area contributed by atoms with E-state index in [-0.39, 0.29) is 47.3 Å². The van der Waals surface area contributed by atoms with Crippen LogP contribution in [0.2, 0.25) is 0 Å². The van der Waals surface area contributed by atoms with Gasteiger partial charge in [-0.3, -0.25) is 4.79 Å². The summed E-state index contributed by atoms with van der Waals surface area (Å²) in [5.41, 5.74) is 6.57. The summed E-state index contributed by atoms with van der Waals surface area (Å²) in [7, 11) is 0. The molecule has 2 N–H and O–H groups in total. The maximum atomic E-state index is 13.6. The van der Waals surface area contributed by atoms with Crippen LogP contribution >= 0.6 is 12.4 Å². The fourth-order valence-electron chi connectivity index (χ4n) is 3.27. The van der Waals surface area contributed by atoms with Crippen LogP contribution < -0.4 is 5.73 Å². The van der Waals surface area contributed by atoms with Crippen LogP contribution in [0.25, 0.3) is 5.69 Å². The number of carbonyl (C=O) groups excluding carboxylic acids is 1. The van der Waals surface area contributed by atoms with E-state index >= 15 is 0 Å². The van der Waals surface area contributed by atoms with Crippen molar-refractivity contribution in [3.63, 3.8) is 0 Å². The van der Waals surface area contributed by atoms with E-state index in [9.17, 15) is 9.18 Å². The van der Waals surface area contributed by atoms with Crippen molar-refractivity contribution in [2.24, 2.45) is 11.1 Å². The lowest BCUT2D eigenvalue weighted by atomic mass is 9.79. The van der Waals surface area contributed by atoms with Gasteiger partial charge in [0.25, 0.3) is 5.91 Å². The van der Waals surface area contributed by atoms with Crippen molar-refractivity contribution in [2.45, 2.75) is 46.1 Å². The van der Waals surface area contributed by atoms with E-state index in [0.717, 1.165) is 6.42 Å². The SMILES string of the molecule is CC(C)c1nc(C(=O)N2CCC(N)C(C)(C)C2)nn1-c1cccc(F)c1.Cl. The van der Waals surface area contributed by atoms with Crippen molar-refractivity contribution in [3.05, 3.63) is 41.7 Å². The maximum Gasteiger partial charge on any atom is 0.293 e. The fourth-order valence-corrected chi connectivity index (χ4v) is 3.27. The molecule has 1 aliphatic rings. The molecule has 2 heterocycles. The molecule has 2 aromatic rings. The molecule has 0 aliphatic carbocycles. The fraction of sp³-hybridized carbons (Fsp3) is 0.526. The zero-order valence-corrected chi connectivity index (χ0v) is 17.0. The molecule has 0 saturated carbocycles. The topological polar surface area (TPSA) is 77.0 Å². The molecule has 148 valence electrons. The smallest absolute Gasteiger partial charge is 0.293 e. The number of aromatic nitrogens is 3.